The van der Waals surface area contributed by atoms with E-state index in [0.717, 1.165) is 16.8 Å². The molecular formula is C20H22N4O5. The van der Waals surface area contributed by atoms with Gasteiger partial charge in [0.1, 0.15) is 12.4 Å². The molecule has 2 aromatic heterocycles. The average Bonchev–Trinajstić information content (AvgIpc) is 3.28. The van der Waals surface area contributed by atoms with E-state index in [0.29, 0.717) is 12.3 Å². The number of hydrogen-bond acceptors (Lipinski definition) is 6. The minimum absolute atomic E-state index is 0.0252. The van der Waals surface area contributed by atoms with Crippen molar-refractivity contribution in [2.45, 2.75) is 27.0 Å². The lowest BCUT2D eigenvalue weighted by atomic mass is 10.2. The smallest absolute Gasteiger partial charge is 0.311 e. The van der Waals surface area contributed by atoms with Crippen LogP contribution in [0.1, 0.15) is 33.1 Å². The molecule has 0 unspecified atom stereocenters. The van der Waals surface area contributed by atoms with E-state index in [-0.39, 0.29) is 29.7 Å². The maximum atomic E-state index is 12.6. The van der Waals surface area contributed by atoms with Gasteiger partial charge in [0, 0.05) is 38.0 Å². The van der Waals surface area contributed by atoms with Gasteiger partial charge in [-0.05, 0) is 37.6 Å². The zero-order valence-corrected chi connectivity index (χ0v) is 16.7. The molecule has 0 spiro atoms. The second kappa shape index (κ2) is 8.17. The number of aryl methyl sites for hydroxylation is 2. The van der Waals surface area contributed by atoms with E-state index in [1.807, 2.05) is 14.0 Å². The van der Waals surface area contributed by atoms with Crippen LogP contribution in [0.15, 0.2) is 40.9 Å². The minimum atomic E-state index is -0.491. The zero-order valence-electron chi connectivity index (χ0n) is 16.7. The molecule has 0 N–H and O–H groups in total. The largest absolute Gasteiger partial charge is 0.479 e. The van der Waals surface area contributed by atoms with Gasteiger partial charge in [0.05, 0.1) is 11.1 Å². The number of nitro groups is 1. The highest BCUT2D eigenvalue weighted by molar-refractivity contribution is 5.91. The van der Waals surface area contributed by atoms with E-state index in [9.17, 15) is 14.9 Å². The first-order valence-electron chi connectivity index (χ1n) is 8.95. The Balaban J connectivity index is 1.65. The number of amides is 1. The molecule has 29 heavy (non-hydrogen) atoms. The molecule has 3 aromatic rings. The summed E-state index contributed by atoms with van der Waals surface area (Å²) in [5.41, 5.74) is 2.59. The number of furan rings is 1. The average molecular weight is 398 g/mol. The maximum absolute atomic E-state index is 12.6. The molecular weight excluding hydrogens is 376 g/mol. The molecule has 0 bridgehead atoms. The van der Waals surface area contributed by atoms with Crippen molar-refractivity contribution in [2.75, 3.05) is 7.05 Å². The highest BCUT2D eigenvalue weighted by Gasteiger charge is 2.19. The Labute approximate surface area is 167 Å². The Morgan fingerprint density at radius 3 is 2.72 bits per heavy atom. The highest BCUT2D eigenvalue weighted by Crippen LogP contribution is 2.28. The molecule has 0 saturated heterocycles. The van der Waals surface area contributed by atoms with Crippen molar-refractivity contribution in [1.82, 2.24) is 14.7 Å². The van der Waals surface area contributed by atoms with Gasteiger partial charge in [-0.15, -0.1) is 0 Å². The van der Waals surface area contributed by atoms with E-state index >= 15 is 0 Å². The Morgan fingerprint density at radius 2 is 2.07 bits per heavy atom. The summed E-state index contributed by atoms with van der Waals surface area (Å²) in [6.45, 7) is 4.08. The number of hydrogen-bond donors (Lipinski definition) is 0. The van der Waals surface area contributed by atoms with Gasteiger partial charge < -0.3 is 14.1 Å². The molecule has 1 aromatic carbocycles. The van der Waals surface area contributed by atoms with Crippen LogP contribution in [-0.2, 0) is 20.2 Å². The van der Waals surface area contributed by atoms with Crippen molar-refractivity contribution in [3.05, 3.63) is 75.0 Å². The lowest BCUT2D eigenvalue weighted by Gasteiger charge is -2.15. The van der Waals surface area contributed by atoms with Crippen molar-refractivity contribution in [2.24, 2.45) is 7.05 Å². The molecule has 0 atom stereocenters. The number of ether oxygens (including phenoxy) is 1. The fourth-order valence-corrected chi connectivity index (χ4v) is 2.83. The number of rotatable bonds is 7. The molecule has 9 heteroatoms. The number of carbonyl (C=O) groups is 1. The van der Waals surface area contributed by atoms with Gasteiger partial charge in [0.2, 0.25) is 0 Å². The van der Waals surface area contributed by atoms with Crippen molar-refractivity contribution >= 4 is 11.6 Å². The number of carbonyl (C=O) groups excluding carboxylic acids is 1. The van der Waals surface area contributed by atoms with Crippen LogP contribution in [0.25, 0.3) is 0 Å². The van der Waals surface area contributed by atoms with Crippen LogP contribution in [0, 0.1) is 24.0 Å². The molecule has 0 radical (unpaired) electrons. The molecule has 2 heterocycles. The Morgan fingerprint density at radius 1 is 1.31 bits per heavy atom. The van der Waals surface area contributed by atoms with Crippen LogP contribution in [0.3, 0.4) is 0 Å². The third-order valence-electron chi connectivity index (χ3n) is 4.64. The van der Waals surface area contributed by atoms with E-state index in [4.69, 9.17) is 9.15 Å². The Hall–Kier alpha value is -3.62. The molecule has 9 nitrogen and oxygen atoms in total. The molecule has 3 rings (SSSR count). The second-order valence-electron chi connectivity index (χ2n) is 6.82. The summed E-state index contributed by atoms with van der Waals surface area (Å²) in [6, 6.07) is 7.91. The summed E-state index contributed by atoms with van der Waals surface area (Å²) in [5.74, 6) is 0.440. The third-order valence-corrected chi connectivity index (χ3v) is 4.64. The monoisotopic (exact) mass is 398 g/mol. The van der Waals surface area contributed by atoms with E-state index in [2.05, 4.69) is 5.10 Å². The van der Waals surface area contributed by atoms with Crippen molar-refractivity contribution in [1.29, 1.82) is 0 Å². The van der Waals surface area contributed by atoms with Crippen LogP contribution in [0.2, 0.25) is 0 Å². The van der Waals surface area contributed by atoms with Crippen LogP contribution in [0.5, 0.6) is 5.75 Å². The Bertz CT molecular complexity index is 1050. The van der Waals surface area contributed by atoms with Gasteiger partial charge in [0.15, 0.2) is 11.5 Å². The summed E-state index contributed by atoms with van der Waals surface area (Å²) in [4.78, 5) is 24.8. The molecule has 152 valence electrons. The molecule has 0 fully saturated rings. The molecule has 0 aliphatic heterocycles. The summed E-state index contributed by atoms with van der Waals surface area (Å²) < 4.78 is 12.9. The quantitative estimate of drug-likeness (QED) is 0.446. The normalized spacial score (nSPS) is 10.8. The zero-order chi connectivity index (χ0) is 21.1. The minimum Gasteiger partial charge on any atom is -0.479 e. The predicted octanol–water partition coefficient (Wildman–Crippen LogP) is 3.39. The van der Waals surface area contributed by atoms with Crippen molar-refractivity contribution < 1.29 is 18.9 Å². The number of aromatic nitrogens is 2. The van der Waals surface area contributed by atoms with Crippen molar-refractivity contribution in [3.63, 3.8) is 0 Å². The SMILES string of the molecule is Cc1ccc(OCc2ccc(C(=O)N(C)Cc3cnn(C)c3C)o2)c([N+](=O)[O-])c1. The van der Waals surface area contributed by atoms with Gasteiger partial charge in [-0.1, -0.05) is 6.07 Å². The summed E-state index contributed by atoms with van der Waals surface area (Å²) in [5, 5.41) is 15.3. The van der Waals surface area contributed by atoms with Crippen LogP contribution >= 0.6 is 0 Å². The fraction of sp³-hybridized carbons (Fsp3) is 0.300. The first kappa shape index (κ1) is 20.1. The molecule has 0 saturated carbocycles. The maximum Gasteiger partial charge on any atom is 0.311 e. The number of benzene rings is 1. The first-order chi connectivity index (χ1) is 13.8. The molecule has 1 amide bonds. The van der Waals surface area contributed by atoms with E-state index in [1.165, 1.54) is 11.0 Å². The summed E-state index contributed by atoms with van der Waals surface area (Å²) >= 11 is 0. The fourth-order valence-electron chi connectivity index (χ4n) is 2.83. The highest BCUT2D eigenvalue weighted by atomic mass is 16.6. The number of nitrogens with zero attached hydrogens (tertiary/aromatic N) is 4. The Kier molecular flexibility index (Phi) is 5.67. The topological polar surface area (TPSA) is 104 Å². The van der Waals surface area contributed by atoms with Crippen LogP contribution in [0.4, 0.5) is 5.69 Å². The number of nitro benzene ring substituents is 1. The van der Waals surface area contributed by atoms with Gasteiger partial charge >= 0.3 is 5.69 Å². The predicted molar refractivity (Wildman–Crippen MR) is 105 cm³/mol. The first-order valence-corrected chi connectivity index (χ1v) is 8.95. The third kappa shape index (κ3) is 4.45. The lowest BCUT2D eigenvalue weighted by Crippen LogP contribution is -2.26. The van der Waals surface area contributed by atoms with Crippen LogP contribution < -0.4 is 4.74 Å². The molecule has 0 aliphatic rings. The van der Waals surface area contributed by atoms with E-state index in [1.54, 1.807) is 49.1 Å². The standard InChI is InChI=1S/C20H22N4O5/c1-13-5-7-18(17(9-13)24(26)27)28-12-16-6-8-19(29-16)20(25)22(3)11-15-10-21-23(4)14(15)2/h5-10H,11-12H2,1-4H3. The lowest BCUT2D eigenvalue weighted by molar-refractivity contribution is -0.386. The second-order valence-corrected chi connectivity index (χ2v) is 6.82. The van der Waals surface area contributed by atoms with Gasteiger partial charge in [-0.3, -0.25) is 19.6 Å². The van der Waals surface area contributed by atoms with Gasteiger partial charge in [0.25, 0.3) is 5.91 Å². The summed E-state index contributed by atoms with van der Waals surface area (Å²) in [6.07, 6.45) is 1.73. The van der Waals surface area contributed by atoms with Crippen molar-refractivity contribution in [3.8, 4) is 5.75 Å². The molecule has 0 aliphatic carbocycles. The summed E-state index contributed by atoms with van der Waals surface area (Å²) in [7, 11) is 3.53. The van der Waals surface area contributed by atoms with Gasteiger partial charge in [-0.25, -0.2) is 0 Å². The van der Waals surface area contributed by atoms with E-state index < -0.39 is 4.92 Å². The van der Waals surface area contributed by atoms with Gasteiger partial charge in [-0.2, -0.15) is 5.10 Å². The van der Waals surface area contributed by atoms with Crippen LogP contribution in [-0.4, -0.2) is 32.6 Å².